The fraction of sp³-hybridized carbons (Fsp3) is 0.150. The van der Waals surface area contributed by atoms with E-state index in [1.54, 1.807) is 42.6 Å². The molecule has 4 rings (SSSR count). The van der Waals surface area contributed by atoms with E-state index in [0.717, 1.165) is 0 Å². The van der Waals surface area contributed by atoms with Crippen LogP contribution in [0.25, 0.3) is 21.9 Å². The molecule has 1 aromatic carbocycles. The number of hydrogen-bond acceptors (Lipinski definition) is 5. The van der Waals surface area contributed by atoms with Crippen molar-refractivity contribution < 1.29 is 18.3 Å². The number of benzene rings is 1. The Bertz CT molecular complexity index is 1350. The van der Waals surface area contributed by atoms with Crippen molar-refractivity contribution in [3.63, 3.8) is 0 Å². The Balaban J connectivity index is 1.88. The van der Waals surface area contributed by atoms with Crippen LogP contribution in [0.1, 0.15) is 18.5 Å². The molecule has 9 heteroatoms. The predicted octanol–water partition coefficient (Wildman–Crippen LogP) is 3.88. The van der Waals surface area contributed by atoms with Gasteiger partial charge in [0.15, 0.2) is 0 Å². The molecule has 0 amide bonds. The molecule has 0 saturated carbocycles. The topological polar surface area (TPSA) is 102 Å². The number of aliphatic carboxylic acids is 1. The van der Waals surface area contributed by atoms with Gasteiger partial charge in [0.05, 0.1) is 21.4 Å². The van der Waals surface area contributed by atoms with Crippen LogP contribution in [-0.2, 0) is 21.2 Å². The lowest BCUT2D eigenvalue weighted by Crippen LogP contribution is -2.16. The van der Waals surface area contributed by atoms with Crippen LogP contribution in [0.5, 0.6) is 0 Å². The minimum atomic E-state index is -3.95. The SMILES string of the molecule is O=C(O)CCCc1cc2nc(Cl)ccc2n1S(=O)(=O)c1ccc2ncccc2c1. The summed E-state index contributed by atoms with van der Waals surface area (Å²) < 4.78 is 28.3. The number of rotatable bonds is 6. The van der Waals surface area contributed by atoms with Crippen molar-refractivity contribution >= 4 is 49.5 Å². The molecule has 148 valence electrons. The highest BCUT2D eigenvalue weighted by molar-refractivity contribution is 7.90. The van der Waals surface area contributed by atoms with Crippen molar-refractivity contribution in [2.24, 2.45) is 0 Å². The zero-order chi connectivity index (χ0) is 20.6. The molecule has 0 aliphatic rings. The Kier molecular flexibility index (Phi) is 4.97. The largest absolute Gasteiger partial charge is 0.481 e. The maximum absolute atomic E-state index is 13.5. The highest BCUT2D eigenvalue weighted by atomic mass is 35.5. The van der Waals surface area contributed by atoms with Crippen LogP contribution in [0.3, 0.4) is 0 Å². The van der Waals surface area contributed by atoms with Gasteiger partial charge in [-0.1, -0.05) is 17.7 Å². The molecule has 0 fully saturated rings. The molecule has 1 N–H and O–H groups in total. The minimum absolute atomic E-state index is 0.0581. The average Bonchev–Trinajstić information content (AvgIpc) is 3.05. The number of carboxylic acid groups (broad SMARTS) is 1. The second-order valence-corrected chi connectivity index (χ2v) is 8.72. The summed E-state index contributed by atoms with van der Waals surface area (Å²) in [6.45, 7) is 0. The molecule has 29 heavy (non-hydrogen) atoms. The van der Waals surface area contributed by atoms with E-state index in [1.165, 1.54) is 16.1 Å². The summed E-state index contributed by atoms with van der Waals surface area (Å²) in [7, 11) is -3.95. The summed E-state index contributed by atoms with van der Waals surface area (Å²) in [6, 6.07) is 13.1. The summed E-state index contributed by atoms with van der Waals surface area (Å²) >= 11 is 5.97. The predicted molar refractivity (Wildman–Crippen MR) is 110 cm³/mol. The Labute approximate surface area is 171 Å². The first-order valence-corrected chi connectivity index (χ1v) is 10.7. The second-order valence-electron chi connectivity index (χ2n) is 6.55. The van der Waals surface area contributed by atoms with E-state index in [1.807, 2.05) is 0 Å². The van der Waals surface area contributed by atoms with Gasteiger partial charge >= 0.3 is 5.97 Å². The van der Waals surface area contributed by atoms with Gasteiger partial charge in [-0.25, -0.2) is 17.4 Å². The Hall–Kier alpha value is -2.97. The van der Waals surface area contributed by atoms with Crippen molar-refractivity contribution in [1.29, 1.82) is 0 Å². The average molecular weight is 430 g/mol. The molecule has 3 heterocycles. The molecule has 0 atom stereocenters. The lowest BCUT2D eigenvalue weighted by Gasteiger charge is -2.12. The third-order valence-corrected chi connectivity index (χ3v) is 6.56. The van der Waals surface area contributed by atoms with E-state index in [-0.39, 0.29) is 22.9 Å². The summed E-state index contributed by atoms with van der Waals surface area (Å²) in [6.07, 6.45) is 2.16. The van der Waals surface area contributed by atoms with Crippen LogP contribution >= 0.6 is 11.6 Å². The summed E-state index contributed by atoms with van der Waals surface area (Å²) in [5, 5.41) is 9.87. The normalized spacial score (nSPS) is 11.9. The molecule has 7 nitrogen and oxygen atoms in total. The molecule has 0 radical (unpaired) electrons. The summed E-state index contributed by atoms with van der Waals surface area (Å²) in [5.74, 6) is -0.932. The van der Waals surface area contributed by atoms with E-state index in [0.29, 0.717) is 34.1 Å². The van der Waals surface area contributed by atoms with Crippen molar-refractivity contribution in [1.82, 2.24) is 13.9 Å². The molecule has 0 spiro atoms. The Morgan fingerprint density at radius 1 is 1.10 bits per heavy atom. The van der Waals surface area contributed by atoms with Gasteiger partial charge in [0.2, 0.25) is 0 Å². The van der Waals surface area contributed by atoms with E-state index in [2.05, 4.69) is 9.97 Å². The smallest absolute Gasteiger partial charge is 0.303 e. The molecular weight excluding hydrogens is 414 g/mol. The first-order chi connectivity index (χ1) is 13.9. The van der Waals surface area contributed by atoms with Crippen molar-refractivity contribution in [3.05, 3.63) is 65.6 Å². The Morgan fingerprint density at radius 3 is 2.72 bits per heavy atom. The van der Waals surface area contributed by atoms with Crippen LogP contribution in [0.2, 0.25) is 5.15 Å². The van der Waals surface area contributed by atoms with Gasteiger partial charge in [-0.05, 0) is 55.3 Å². The second kappa shape index (κ2) is 7.46. The number of carbonyl (C=O) groups is 1. The van der Waals surface area contributed by atoms with E-state index in [4.69, 9.17) is 16.7 Å². The highest BCUT2D eigenvalue weighted by Gasteiger charge is 2.24. The quantitative estimate of drug-likeness (QED) is 0.466. The third-order valence-electron chi connectivity index (χ3n) is 4.59. The van der Waals surface area contributed by atoms with Gasteiger partial charge < -0.3 is 5.11 Å². The number of fused-ring (bicyclic) bond motifs is 2. The van der Waals surface area contributed by atoms with Gasteiger partial charge in [0.1, 0.15) is 5.15 Å². The summed E-state index contributed by atoms with van der Waals surface area (Å²) in [4.78, 5) is 19.4. The molecule has 3 aromatic heterocycles. The van der Waals surface area contributed by atoms with Crippen LogP contribution in [0.15, 0.2) is 59.6 Å². The highest BCUT2D eigenvalue weighted by Crippen LogP contribution is 2.28. The number of halogens is 1. The van der Waals surface area contributed by atoms with Gasteiger partial charge in [0, 0.05) is 23.7 Å². The van der Waals surface area contributed by atoms with Crippen LogP contribution < -0.4 is 0 Å². The van der Waals surface area contributed by atoms with Crippen LogP contribution in [0.4, 0.5) is 0 Å². The fourth-order valence-corrected chi connectivity index (χ4v) is 5.04. The molecule has 4 aromatic rings. The Morgan fingerprint density at radius 2 is 1.93 bits per heavy atom. The van der Waals surface area contributed by atoms with Crippen molar-refractivity contribution in [2.75, 3.05) is 0 Å². The number of carboxylic acids is 1. The molecule has 0 aliphatic heterocycles. The number of pyridine rings is 2. The number of nitrogens with zero attached hydrogens (tertiary/aromatic N) is 3. The van der Waals surface area contributed by atoms with Crippen molar-refractivity contribution in [2.45, 2.75) is 24.2 Å². The van der Waals surface area contributed by atoms with Crippen molar-refractivity contribution in [3.8, 4) is 0 Å². The molecule has 0 unspecified atom stereocenters. The standard InChI is InChI=1S/C20H16ClN3O4S/c21-19-9-8-18-17(23-19)12-14(4-1-5-20(25)26)24(18)29(27,28)15-6-7-16-13(11-15)3-2-10-22-16/h2-3,6-12H,1,4-5H2,(H,25,26). The van der Waals surface area contributed by atoms with Crippen LogP contribution in [-0.4, -0.2) is 33.4 Å². The summed E-state index contributed by atoms with van der Waals surface area (Å²) in [5.41, 5.74) is 1.99. The van der Waals surface area contributed by atoms with Crippen LogP contribution in [0, 0.1) is 0 Å². The fourth-order valence-electron chi connectivity index (χ4n) is 3.29. The van der Waals surface area contributed by atoms with E-state index >= 15 is 0 Å². The van der Waals surface area contributed by atoms with E-state index < -0.39 is 16.0 Å². The van der Waals surface area contributed by atoms with Gasteiger partial charge in [0.25, 0.3) is 10.0 Å². The number of hydrogen-bond donors (Lipinski definition) is 1. The van der Waals surface area contributed by atoms with Gasteiger partial charge in [-0.2, -0.15) is 0 Å². The minimum Gasteiger partial charge on any atom is -0.481 e. The zero-order valence-electron chi connectivity index (χ0n) is 15.1. The first-order valence-electron chi connectivity index (χ1n) is 8.85. The number of aromatic nitrogens is 3. The molecule has 0 aliphatic carbocycles. The lowest BCUT2D eigenvalue weighted by molar-refractivity contribution is -0.137. The first kappa shape index (κ1) is 19.4. The molecule has 0 bridgehead atoms. The third kappa shape index (κ3) is 3.68. The zero-order valence-corrected chi connectivity index (χ0v) is 16.7. The maximum atomic E-state index is 13.5. The lowest BCUT2D eigenvalue weighted by atomic mass is 10.2. The molecule has 0 saturated heterocycles. The van der Waals surface area contributed by atoms with Gasteiger partial charge in [-0.15, -0.1) is 0 Å². The number of aryl methyl sites for hydroxylation is 1. The van der Waals surface area contributed by atoms with E-state index in [9.17, 15) is 13.2 Å². The maximum Gasteiger partial charge on any atom is 0.303 e. The van der Waals surface area contributed by atoms with Gasteiger partial charge in [-0.3, -0.25) is 9.78 Å². The molecular formula is C20H16ClN3O4S. The monoisotopic (exact) mass is 429 g/mol.